The molecule has 2 aromatic rings. The van der Waals surface area contributed by atoms with E-state index in [1.54, 1.807) is 18.3 Å². The molecule has 0 radical (unpaired) electrons. The van der Waals surface area contributed by atoms with Gasteiger partial charge in [0.1, 0.15) is 5.82 Å². The van der Waals surface area contributed by atoms with E-state index in [0.29, 0.717) is 10.0 Å². The Hall–Kier alpha value is -1.59. The molecule has 2 aliphatic heterocycles. The first-order valence-corrected chi connectivity index (χ1v) is 9.22. The number of aromatic nitrogens is 2. The van der Waals surface area contributed by atoms with Crippen LogP contribution in [0.5, 0.6) is 0 Å². The van der Waals surface area contributed by atoms with Gasteiger partial charge in [-0.3, -0.25) is 9.48 Å². The maximum absolute atomic E-state index is 14.0. The number of rotatable bonds is 3. The summed E-state index contributed by atoms with van der Waals surface area (Å²) in [7, 11) is 0. The number of hydrogen-bond acceptors (Lipinski definition) is 2. The molecule has 7 heteroatoms. The molecule has 0 spiro atoms. The van der Waals surface area contributed by atoms with Crippen molar-refractivity contribution in [2.24, 2.45) is 0 Å². The molecule has 132 valence electrons. The van der Waals surface area contributed by atoms with Gasteiger partial charge < -0.3 is 4.90 Å². The van der Waals surface area contributed by atoms with Gasteiger partial charge in [0.15, 0.2) is 0 Å². The van der Waals surface area contributed by atoms with Gasteiger partial charge in [-0.05, 0) is 37.8 Å². The number of fused-ring (bicyclic) bond motifs is 2. The Labute approximate surface area is 155 Å². The van der Waals surface area contributed by atoms with Crippen LogP contribution in [0.3, 0.4) is 0 Å². The van der Waals surface area contributed by atoms with E-state index in [0.717, 1.165) is 25.7 Å². The molecule has 2 atom stereocenters. The lowest BCUT2D eigenvalue weighted by Crippen LogP contribution is -2.47. The van der Waals surface area contributed by atoms with Gasteiger partial charge >= 0.3 is 0 Å². The molecule has 4 rings (SSSR count). The minimum absolute atomic E-state index is 0.0107. The average Bonchev–Trinajstić information content (AvgIpc) is 3.12. The second kappa shape index (κ2) is 6.61. The van der Waals surface area contributed by atoms with Crippen LogP contribution in [0.2, 0.25) is 10.0 Å². The van der Waals surface area contributed by atoms with Gasteiger partial charge in [-0.25, -0.2) is 4.39 Å². The second-order valence-corrected chi connectivity index (χ2v) is 7.67. The summed E-state index contributed by atoms with van der Waals surface area (Å²) in [5.41, 5.74) is 0.287. The molecule has 2 bridgehead atoms. The summed E-state index contributed by atoms with van der Waals surface area (Å²) >= 11 is 12.0. The van der Waals surface area contributed by atoms with Crippen molar-refractivity contribution in [1.82, 2.24) is 14.7 Å². The van der Waals surface area contributed by atoms with E-state index in [2.05, 4.69) is 5.10 Å². The summed E-state index contributed by atoms with van der Waals surface area (Å²) in [4.78, 5) is 14.8. The Morgan fingerprint density at radius 2 is 1.92 bits per heavy atom. The molecule has 1 aromatic carbocycles. The molecule has 4 nitrogen and oxygen atoms in total. The monoisotopic (exact) mass is 381 g/mol. The minimum Gasteiger partial charge on any atom is -0.336 e. The zero-order valence-corrected chi connectivity index (χ0v) is 15.0. The summed E-state index contributed by atoms with van der Waals surface area (Å²) < 4.78 is 15.9. The molecule has 25 heavy (non-hydrogen) atoms. The summed E-state index contributed by atoms with van der Waals surface area (Å²) in [5, 5.41) is 5.24. The maximum Gasteiger partial charge on any atom is 0.227 e. The van der Waals surface area contributed by atoms with E-state index in [4.69, 9.17) is 23.2 Å². The second-order valence-electron chi connectivity index (χ2n) is 6.83. The summed E-state index contributed by atoms with van der Waals surface area (Å²) in [6, 6.07) is 5.11. The van der Waals surface area contributed by atoms with Gasteiger partial charge in [-0.1, -0.05) is 29.3 Å². The van der Waals surface area contributed by atoms with Crippen molar-refractivity contribution >= 4 is 29.1 Å². The molecule has 0 aliphatic carbocycles. The smallest absolute Gasteiger partial charge is 0.227 e. The Morgan fingerprint density at radius 3 is 2.52 bits per heavy atom. The van der Waals surface area contributed by atoms with Crippen molar-refractivity contribution in [3.05, 3.63) is 52.0 Å². The number of hydrogen-bond donors (Lipinski definition) is 0. The molecule has 2 unspecified atom stereocenters. The van der Waals surface area contributed by atoms with Crippen LogP contribution in [-0.4, -0.2) is 32.7 Å². The zero-order chi connectivity index (χ0) is 17.6. The SMILES string of the molecule is O=C(Cc1c(F)cccc1Cl)N1C2CCC1CC(n1cc(Cl)cn1)C2. The van der Waals surface area contributed by atoms with E-state index >= 15 is 0 Å². The number of piperidine rings is 1. The van der Waals surface area contributed by atoms with Crippen LogP contribution in [0.4, 0.5) is 4.39 Å². The van der Waals surface area contributed by atoms with Crippen LogP contribution in [0.15, 0.2) is 30.6 Å². The number of halogens is 3. The van der Waals surface area contributed by atoms with Crippen LogP contribution < -0.4 is 0 Å². The fourth-order valence-corrected chi connectivity index (χ4v) is 4.60. The van der Waals surface area contributed by atoms with Crippen molar-refractivity contribution in [3.8, 4) is 0 Å². The highest BCUT2D eigenvalue weighted by Crippen LogP contribution is 2.41. The summed E-state index contributed by atoms with van der Waals surface area (Å²) in [6.07, 6.45) is 7.15. The third kappa shape index (κ3) is 3.15. The third-order valence-corrected chi connectivity index (χ3v) is 5.88. The molecule has 1 aromatic heterocycles. The minimum atomic E-state index is -0.422. The number of carbonyl (C=O) groups excluding carboxylic acids is 1. The average molecular weight is 382 g/mol. The lowest BCUT2D eigenvalue weighted by atomic mass is 9.96. The van der Waals surface area contributed by atoms with Crippen molar-refractivity contribution in [1.29, 1.82) is 0 Å². The first-order chi connectivity index (χ1) is 12.0. The number of nitrogens with zero attached hydrogens (tertiary/aromatic N) is 3. The van der Waals surface area contributed by atoms with Crippen molar-refractivity contribution in [2.45, 2.75) is 50.2 Å². The Bertz CT molecular complexity index is 775. The highest BCUT2D eigenvalue weighted by atomic mass is 35.5. The zero-order valence-electron chi connectivity index (χ0n) is 13.5. The van der Waals surface area contributed by atoms with Crippen LogP contribution in [0.25, 0.3) is 0 Å². The topological polar surface area (TPSA) is 38.1 Å². The van der Waals surface area contributed by atoms with Gasteiger partial charge in [0, 0.05) is 28.9 Å². The highest BCUT2D eigenvalue weighted by molar-refractivity contribution is 6.31. The Morgan fingerprint density at radius 1 is 1.20 bits per heavy atom. The molecule has 0 N–H and O–H groups in total. The maximum atomic E-state index is 14.0. The molecular weight excluding hydrogens is 364 g/mol. The predicted octanol–water partition coefficient (Wildman–Crippen LogP) is 4.27. The van der Waals surface area contributed by atoms with E-state index in [9.17, 15) is 9.18 Å². The Balaban J connectivity index is 1.50. The molecule has 0 saturated carbocycles. The van der Waals surface area contributed by atoms with E-state index in [-0.39, 0.29) is 36.0 Å². The summed E-state index contributed by atoms with van der Waals surface area (Å²) in [5.74, 6) is -0.467. The quantitative estimate of drug-likeness (QED) is 0.796. The van der Waals surface area contributed by atoms with Crippen molar-refractivity contribution < 1.29 is 9.18 Å². The van der Waals surface area contributed by atoms with Gasteiger partial charge in [-0.15, -0.1) is 0 Å². The molecular formula is C18H18Cl2FN3O. The number of amides is 1. The third-order valence-electron chi connectivity index (χ3n) is 5.33. The normalized spacial score (nSPS) is 25.4. The molecule has 3 heterocycles. The predicted molar refractivity (Wildman–Crippen MR) is 94.3 cm³/mol. The van der Waals surface area contributed by atoms with Crippen molar-refractivity contribution in [3.63, 3.8) is 0 Å². The summed E-state index contributed by atoms with van der Waals surface area (Å²) in [6.45, 7) is 0. The van der Waals surface area contributed by atoms with Gasteiger partial charge in [-0.2, -0.15) is 5.10 Å². The number of carbonyl (C=O) groups is 1. The fourth-order valence-electron chi connectivity index (χ4n) is 4.23. The van der Waals surface area contributed by atoms with Crippen molar-refractivity contribution in [2.75, 3.05) is 0 Å². The lowest BCUT2D eigenvalue weighted by molar-refractivity contribution is -0.135. The van der Waals surface area contributed by atoms with Crippen LogP contribution in [-0.2, 0) is 11.2 Å². The fraction of sp³-hybridized carbons (Fsp3) is 0.444. The van der Waals surface area contributed by atoms with Gasteiger partial charge in [0.25, 0.3) is 0 Å². The van der Waals surface area contributed by atoms with Crippen LogP contribution in [0, 0.1) is 5.82 Å². The van der Waals surface area contributed by atoms with Gasteiger partial charge in [0.2, 0.25) is 5.91 Å². The largest absolute Gasteiger partial charge is 0.336 e. The van der Waals surface area contributed by atoms with E-state index in [1.807, 2.05) is 15.8 Å². The Kier molecular flexibility index (Phi) is 4.46. The van der Waals surface area contributed by atoms with Crippen LogP contribution in [0.1, 0.15) is 37.3 Å². The molecule has 2 saturated heterocycles. The van der Waals surface area contributed by atoms with Crippen LogP contribution >= 0.6 is 23.2 Å². The first kappa shape index (κ1) is 16.9. The highest BCUT2D eigenvalue weighted by Gasteiger charge is 2.43. The van der Waals surface area contributed by atoms with E-state index < -0.39 is 5.82 Å². The molecule has 1 amide bonds. The molecule has 2 aliphatic rings. The van der Waals surface area contributed by atoms with E-state index in [1.165, 1.54) is 6.07 Å². The lowest BCUT2D eigenvalue weighted by Gasteiger charge is -2.39. The number of benzene rings is 1. The van der Waals surface area contributed by atoms with Gasteiger partial charge in [0.05, 0.1) is 23.7 Å². The molecule has 2 fully saturated rings. The standard InChI is InChI=1S/C18H18Cl2FN3O/c19-11-9-22-23(10-11)14-6-12-4-5-13(7-14)24(12)18(25)8-15-16(20)2-1-3-17(15)21/h1-3,9-10,12-14H,4-8H2. The first-order valence-electron chi connectivity index (χ1n) is 8.46.